The third-order valence-corrected chi connectivity index (χ3v) is 7.48. The van der Waals surface area contributed by atoms with Crippen LogP contribution in [0.25, 0.3) is 0 Å². The Kier molecular flexibility index (Phi) is 5.01. The Bertz CT molecular complexity index is 965. The van der Waals surface area contributed by atoms with Gasteiger partial charge in [0.15, 0.2) is 0 Å². The zero-order valence-corrected chi connectivity index (χ0v) is 17.3. The molecule has 1 aromatic heterocycles. The molecule has 0 amide bonds. The first-order valence-corrected chi connectivity index (χ1v) is 11.1. The maximum atomic E-state index is 13.1. The van der Waals surface area contributed by atoms with Crippen LogP contribution < -0.4 is 9.64 Å². The highest BCUT2D eigenvalue weighted by molar-refractivity contribution is 7.89. The first-order valence-electron chi connectivity index (χ1n) is 9.65. The Morgan fingerprint density at radius 1 is 1.07 bits per heavy atom. The lowest BCUT2D eigenvalue weighted by molar-refractivity contribution is 0.337. The zero-order chi connectivity index (χ0) is 19.9. The summed E-state index contributed by atoms with van der Waals surface area (Å²) in [6, 6.07) is 7.10. The molecule has 2 aromatic rings. The summed E-state index contributed by atoms with van der Waals surface area (Å²) in [7, 11) is -3.49. The summed E-state index contributed by atoms with van der Waals surface area (Å²) >= 11 is 0. The van der Waals surface area contributed by atoms with E-state index >= 15 is 0 Å². The van der Waals surface area contributed by atoms with Gasteiger partial charge in [-0.15, -0.1) is 0 Å². The summed E-state index contributed by atoms with van der Waals surface area (Å²) in [5.41, 5.74) is 1.78. The Morgan fingerprint density at radius 3 is 2.39 bits per heavy atom. The van der Waals surface area contributed by atoms with E-state index in [0.717, 1.165) is 35.9 Å². The molecule has 3 heterocycles. The van der Waals surface area contributed by atoms with E-state index in [9.17, 15) is 8.42 Å². The number of hydrogen-bond acceptors (Lipinski definition) is 6. The van der Waals surface area contributed by atoms with Crippen molar-refractivity contribution in [1.82, 2.24) is 14.3 Å². The molecular formula is C20H26N4O3S. The van der Waals surface area contributed by atoms with Crippen molar-refractivity contribution < 1.29 is 13.2 Å². The predicted octanol–water partition coefficient (Wildman–Crippen LogP) is 2.25. The van der Waals surface area contributed by atoms with Gasteiger partial charge in [-0.05, 0) is 56.4 Å². The molecule has 2 aliphatic heterocycles. The average Bonchev–Trinajstić information content (AvgIpc) is 3.23. The van der Waals surface area contributed by atoms with Gasteiger partial charge in [0.1, 0.15) is 17.9 Å². The standard InChI is InChI=1S/C20H26N4O3S/c1-4-27-19-6-5-18(7-14(19)2)28(25,26)24-11-16-9-23(10-17(16)12-24)20-8-15(3)21-13-22-20/h5-8,13,16-17H,4,9-12H2,1-3H3. The van der Waals surface area contributed by atoms with E-state index in [1.807, 2.05) is 26.8 Å². The third-order valence-electron chi connectivity index (χ3n) is 5.65. The Hall–Kier alpha value is -2.19. The molecule has 7 nitrogen and oxygen atoms in total. The first kappa shape index (κ1) is 19.1. The van der Waals surface area contributed by atoms with Crippen LogP contribution >= 0.6 is 0 Å². The number of ether oxygens (including phenoxy) is 1. The van der Waals surface area contributed by atoms with Gasteiger partial charge >= 0.3 is 0 Å². The Morgan fingerprint density at radius 2 is 1.79 bits per heavy atom. The summed E-state index contributed by atoms with van der Waals surface area (Å²) in [6.45, 7) is 9.08. The Balaban J connectivity index is 1.47. The maximum Gasteiger partial charge on any atom is 0.243 e. The smallest absolute Gasteiger partial charge is 0.243 e. The molecule has 4 rings (SSSR count). The molecular weight excluding hydrogens is 376 g/mol. The molecule has 1 aromatic carbocycles. The largest absolute Gasteiger partial charge is 0.494 e. The molecule has 2 aliphatic rings. The van der Waals surface area contributed by atoms with E-state index in [1.54, 1.807) is 28.8 Å². The highest BCUT2D eigenvalue weighted by Gasteiger charge is 2.44. The highest BCUT2D eigenvalue weighted by Crippen LogP contribution is 2.36. The van der Waals surface area contributed by atoms with Crippen LogP contribution in [0.3, 0.4) is 0 Å². The van der Waals surface area contributed by atoms with Crippen molar-refractivity contribution in [2.24, 2.45) is 11.8 Å². The van der Waals surface area contributed by atoms with Gasteiger partial charge in [-0.3, -0.25) is 0 Å². The van der Waals surface area contributed by atoms with Crippen LogP contribution in [0.4, 0.5) is 5.82 Å². The van der Waals surface area contributed by atoms with Gasteiger partial charge < -0.3 is 9.64 Å². The second kappa shape index (κ2) is 7.33. The first-order chi connectivity index (χ1) is 13.4. The zero-order valence-electron chi connectivity index (χ0n) is 16.5. The highest BCUT2D eigenvalue weighted by atomic mass is 32.2. The molecule has 0 N–H and O–H groups in total. The number of aryl methyl sites for hydroxylation is 2. The minimum atomic E-state index is -3.49. The number of sulfonamides is 1. The number of anilines is 1. The molecule has 2 saturated heterocycles. The van der Waals surface area contributed by atoms with Crippen molar-refractivity contribution in [3.63, 3.8) is 0 Å². The third kappa shape index (κ3) is 3.46. The van der Waals surface area contributed by atoms with Gasteiger partial charge in [0.25, 0.3) is 0 Å². The molecule has 2 fully saturated rings. The quantitative estimate of drug-likeness (QED) is 0.764. The van der Waals surface area contributed by atoms with Crippen LogP contribution in [-0.2, 0) is 10.0 Å². The van der Waals surface area contributed by atoms with Crippen LogP contribution in [-0.4, -0.2) is 55.5 Å². The normalized spacial score (nSPS) is 22.5. The number of aromatic nitrogens is 2. The Labute approximate surface area is 166 Å². The molecule has 0 saturated carbocycles. The van der Waals surface area contributed by atoms with E-state index in [4.69, 9.17) is 4.74 Å². The van der Waals surface area contributed by atoms with Crippen LogP contribution in [0.5, 0.6) is 5.75 Å². The summed E-state index contributed by atoms with van der Waals surface area (Å²) < 4.78 is 33.4. The lowest BCUT2D eigenvalue weighted by Crippen LogP contribution is -2.33. The monoisotopic (exact) mass is 402 g/mol. The minimum absolute atomic E-state index is 0.328. The van der Waals surface area contributed by atoms with Crippen molar-refractivity contribution in [2.45, 2.75) is 25.7 Å². The van der Waals surface area contributed by atoms with Crippen molar-refractivity contribution in [3.8, 4) is 5.75 Å². The van der Waals surface area contributed by atoms with Crippen molar-refractivity contribution in [1.29, 1.82) is 0 Å². The second-order valence-electron chi connectivity index (χ2n) is 7.63. The molecule has 8 heteroatoms. The lowest BCUT2D eigenvalue weighted by atomic mass is 10.0. The number of nitrogens with zero attached hydrogens (tertiary/aromatic N) is 4. The van der Waals surface area contributed by atoms with Gasteiger partial charge in [0.05, 0.1) is 11.5 Å². The summed E-state index contributed by atoms with van der Waals surface area (Å²) in [4.78, 5) is 11.1. The van der Waals surface area contributed by atoms with Crippen molar-refractivity contribution in [3.05, 3.63) is 41.9 Å². The fourth-order valence-corrected chi connectivity index (χ4v) is 5.83. The van der Waals surface area contributed by atoms with Crippen molar-refractivity contribution >= 4 is 15.8 Å². The second-order valence-corrected chi connectivity index (χ2v) is 9.56. The number of fused-ring (bicyclic) bond motifs is 1. The number of rotatable bonds is 5. The van der Waals surface area contributed by atoms with Gasteiger partial charge in [0.2, 0.25) is 10.0 Å². The predicted molar refractivity (Wildman–Crippen MR) is 107 cm³/mol. The van der Waals surface area contributed by atoms with Gasteiger partial charge in [-0.25, -0.2) is 18.4 Å². The fraction of sp³-hybridized carbons (Fsp3) is 0.500. The SMILES string of the molecule is CCOc1ccc(S(=O)(=O)N2CC3CN(c4cc(C)ncn4)CC3C2)cc1C. The molecule has 28 heavy (non-hydrogen) atoms. The number of hydrogen-bond donors (Lipinski definition) is 0. The van der Waals surface area contributed by atoms with E-state index < -0.39 is 10.0 Å². The molecule has 0 radical (unpaired) electrons. The van der Waals surface area contributed by atoms with Crippen molar-refractivity contribution in [2.75, 3.05) is 37.7 Å². The molecule has 0 aliphatic carbocycles. The summed E-state index contributed by atoms with van der Waals surface area (Å²) in [5, 5.41) is 0. The van der Waals surface area contributed by atoms with Gasteiger partial charge in [-0.1, -0.05) is 0 Å². The molecule has 2 atom stereocenters. The van der Waals surface area contributed by atoms with E-state index in [1.165, 1.54) is 0 Å². The van der Waals surface area contributed by atoms with E-state index in [0.29, 0.717) is 36.4 Å². The molecule has 0 bridgehead atoms. The summed E-state index contributed by atoms with van der Waals surface area (Å²) in [6.07, 6.45) is 1.59. The maximum absolute atomic E-state index is 13.1. The molecule has 0 spiro atoms. The van der Waals surface area contributed by atoms with Crippen LogP contribution in [0.15, 0.2) is 35.5 Å². The van der Waals surface area contributed by atoms with Gasteiger partial charge in [0, 0.05) is 37.9 Å². The lowest BCUT2D eigenvalue weighted by Gasteiger charge is -2.22. The van der Waals surface area contributed by atoms with E-state index in [2.05, 4.69) is 14.9 Å². The topological polar surface area (TPSA) is 75.6 Å². The van der Waals surface area contributed by atoms with Crippen LogP contribution in [0.1, 0.15) is 18.2 Å². The van der Waals surface area contributed by atoms with Gasteiger partial charge in [-0.2, -0.15) is 4.31 Å². The van der Waals surface area contributed by atoms with Crippen LogP contribution in [0, 0.1) is 25.7 Å². The molecule has 2 unspecified atom stereocenters. The number of benzene rings is 1. The average molecular weight is 403 g/mol. The van der Waals surface area contributed by atoms with Crippen LogP contribution in [0.2, 0.25) is 0 Å². The minimum Gasteiger partial charge on any atom is -0.494 e. The van der Waals surface area contributed by atoms with E-state index in [-0.39, 0.29) is 0 Å². The molecule has 150 valence electrons. The summed E-state index contributed by atoms with van der Waals surface area (Å²) in [5.74, 6) is 2.32. The fourth-order valence-electron chi connectivity index (χ4n) is 4.20.